The first kappa shape index (κ1) is 16.6. The lowest BCUT2D eigenvalue weighted by atomic mass is 10.1. The highest BCUT2D eigenvalue weighted by atomic mass is 16.5. The molecular weight excluding hydrogens is 334 g/mol. The number of aryl methyl sites for hydroxylation is 1. The number of carbonyl (C=O) groups excluding carboxylic acids is 2. The predicted octanol–water partition coefficient (Wildman–Crippen LogP) is 1.31. The topological polar surface area (TPSA) is 98.1 Å². The normalized spacial score (nSPS) is 15.9. The Morgan fingerprint density at radius 2 is 2.19 bits per heavy atom. The van der Waals surface area contributed by atoms with Crippen molar-refractivity contribution in [3.05, 3.63) is 35.4 Å². The molecule has 2 amide bonds. The van der Waals surface area contributed by atoms with E-state index in [1.807, 2.05) is 0 Å². The number of benzene rings is 1. The average molecular weight is 355 g/mol. The van der Waals surface area contributed by atoms with Gasteiger partial charge >= 0.3 is 0 Å². The molecule has 1 aromatic carbocycles. The largest absolute Gasteiger partial charge is 0.482 e. The Labute approximate surface area is 150 Å². The summed E-state index contributed by atoms with van der Waals surface area (Å²) < 4.78 is 7.54. The van der Waals surface area contributed by atoms with Crippen molar-refractivity contribution in [2.75, 3.05) is 18.5 Å². The SMILES string of the molecule is O=C1COc2cc(C(=O)NCCc3nnc4n3CCCCC4)ccc2N1. The Kier molecular flexibility index (Phi) is 4.55. The van der Waals surface area contributed by atoms with E-state index >= 15 is 0 Å². The fourth-order valence-corrected chi connectivity index (χ4v) is 3.34. The van der Waals surface area contributed by atoms with Crippen molar-refractivity contribution in [3.63, 3.8) is 0 Å². The Bertz CT molecular complexity index is 845. The summed E-state index contributed by atoms with van der Waals surface area (Å²) >= 11 is 0. The highest BCUT2D eigenvalue weighted by molar-refractivity contribution is 5.98. The standard InChI is InChI=1S/C18H21N5O3/c24-17-11-26-14-10-12(5-6-13(14)20-17)18(25)19-8-7-16-22-21-15-4-2-1-3-9-23(15)16/h5-6,10H,1-4,7-9,11H2,(H,19,25)(H,20,24). The second-order valence-corrected chi connectivity index (χ2v) is 6.55. The van der Waals surface area contributed by atoms with Gasteiger partial charge in [0.1, 0.15) is 17.4 Å². The Hall–Kier alpha value is -2.90. The first-order valence-corrected chi connectivity index (χ1v) is 8.96. The summed E-state index contributed by atoms with van der Waals surface area (Å²) in [5, 5.41) is 14.2. The fourth-order valence-electron chi connectivity index (χ4n) is 3.34. The minimum absolute atomic E-state index is 0.0317. The maximum atomic E-state index is 12.4. The van der Waals surface area contributed by atoms with E-state index in [-0.39, 0.29) is 18.4 Å². The zero-order valence-corrected chi connectivity index (χ0v) is 14.5. The first-order chi connectivity index (χ1) is 12.7. The summed E-state index contributed by atoms with van der Waals surface area (Å²) in [4.78, 5) is 23.7. The van der Waals surface area contributed by atoms with Gasteiger partial charge in [-0.2, -0.15) is 0 Å². The minimum Gasteiger partial charge on any atom is -0.482 e. The van der Waals surface area contributed by atoms with Gasteiger partial charge < -0.3 is 19.9 Å². The number of carbonyl (C=O) groups is 2. The number of hydrogen-bond donors (Lipinski definition) is 2. The third kappa shape index (κ3) is 3.40. The van der Waals surface area contributed by atoms with Crippen LogP contribution < -0.4 is 15.4 Å². The van der Waals surface area contributed by atoms with Gasteiger partial charge in [0.2, 0.25) is 0 Å². The Balaban J connectivity index is 1.36. The lowest BCUT2D eigenvalue weighted by Crippen LogP contribution is -2.28. The zero-order chi connectivity index (χ0) is 17.9. The van der Waals surface area contributed by atoms with E-state index in [9.17, 15) is 9.59 Å². The second-order valence-electron chi connectivity index (χ2n) is 6.55. The number of ether oxygens (including phenoxy) is 1. The van der Waals surface area contributed by atoms with Gasteiger partial charge in [0.25, 0.3) is 11.8 Å². The van der Waals surface area contributed by atoms with Crippen LogP contribution in [0.1, 0.15) is 41.3 Å². The van der Waals surface area contributed by atoms with Crippen molar-refractivity contribution in [1.29, 1.82) is 0 Å². The van der Waals surface area contributed by atoms with E-state index in [4.69, 9.17) is 4.74 Å². The highest BCUT2D eigenvalue weighted by Crippen LogP contribution is 2.28. The monoisotopic (exact) mass is 355 g/mol. The Morgan fingerprint density at radius 3 is 3.12 bits per heavy atom. The number of rotatable bonds is 4. The van der Waals surface area contributed by atoms with Crippen molar-refractivity contribution in [3.8, 4) is 5.75 Å². The molecule has 0 spiro atoms. The minimum atomic E-state index is -0.192. The van der Waals surface area contributed by atoms with Gasteiger partial charge in [0.05, 0.1) is 5.69 Å². The first-order valence-electron chi connectivity index (χ1n) is 8.96. The number of anilines is 1. The molecule has 26 heavy (non-hydrogen) atoms. The molecule has 0 aliphatic carbocycles. The lowest BCUT2D eigenvalue weighted by molar-refractivity contribution is -0.118. The molecule has 4 rings (SSSR count). The van der Waals surface area contributed by atoms with Crippen molar-refractivity contribution in [2.24, 2.45) is 0 Å². The number of nitrogens with one attached hydrogen (secondary N) is 2. The third-order valence-corrected chi connectivity index (χ3v) is 4.70. The highest BCUT2D eigenvalue weighted by Gasteiger charge is 2.18. The molecule has 1 aromatic heterocycles. The molecule has 8 nitrogen and oxygen atoms in total. The summed E-state index contributed by atoms with van der Waals surface area (Å²) in [6, 6.07) is 5.00. The van der Waals surface area contributed by atoms with Crippen molar-refractivity contribution in [1.82, 2.24) is 20.1 Å². The van der Waals surface area contributed by atoms with E-state index in [2.05, 4.69) is 25.4 Å². The van der Waals surface area contributed by atoms with Crippen molar-refractivity contribution < 1.29 is 14.3 Å². The molecule has 0 unspecified atom stereocenters. The number of fused-ring (bicyclic) bond motifs is 2. The quantitative estimate of drug-likeness (QED) is 0.862. The average Bonchev–Trinajstić information content (AvgIpc) is 2.87. The Morgan fingerprint density at radius 1 is 1.27 bits per heavy atom. The number of nitrogens with zero attached hydrogens (tertiary/aromatic N) is 3. The molecule has 2 N–H and O–H groups in total. The van der Waals surface area contributed by atoms with Crippen molar-refractivity contribution >= 4 is 17.5 Å². The number of hydrogen-bond acceptors (Lipinski definition) is 5. The van der Waals surface area contributed by atoms with Gasteiger partial charge in [0, 0.05) is 31.5 Å². The maximum absolute atomic E-state index is 12.4. The molecule has 2 aromatic rings. The smallest absolute Gasteiger partial charge is 0.262 e. The summed E-state index contributed by atoms with van der Waals surface area (Å²) in [6.45, 7) is 1.42. The lowest BCUT2D eigenvalue weighted by Gasteiger charge is -2.18. The van der Waals surface area contributed by atoms with E-state index in [0.29, 0.717) is 30.0 Å². The predicted molar refractivity (Wildman–Crippen MR) is 94.2 cm³/mol. The van der Waals surface area contributed by atoms with Crippen LogP contribution in [0.5, 0.6) is 5.75 Å². The van der Waals surface area contributed by atoms with Crippen LogP contribution in [0.4, 0.5) is 5.69 Å². The summed E-state index contributed by atoms with van der Waals surface area (Å²) in [5.74, 6) is 2.13. The summed E-state index contributed by atoms with van der Waals surface area (Å²) in [6.07, 6.45) is 5.16. The van der Waals surface area contributed by atoms with Gasteiger partial charge in [0.15, 0.2) is 6.61 Å². The van der Waals surface area contributed by atoms with Gasteiger partial charge in [-0.15, -0.1) is 10.2 Å². The van der Waals surface area contributed by atoms with Gasteiger partial charge in [-0.25, -0.2) is 0 Å². The van der Waals surface area contributed by atoms with Crippen LogP contribution in [0.15, 0.2) is 18.2 Å². The van der Waals surface area contributed by atoms with Crippen LogP contribution in [0, 0.1) is 0 Å². The molecule has 0 saturated heterocycles. The molecule has 2 aliphatic rings. The van der Waals surface area contributed by atoms with Crippen LogP contribution in [-0.4, -0.2) is 39.7 Å². The third-order valence-electron chi connectivity index (χ3n) is 4.70. The molecule has 3 heterocycles. The van der Waals surface area contributed by atoms with Crippen LogP contribution in [0.25, 0.3) is 0 Å². The molecular formula is C18H21N5O3. The maximum Gasteiger partial charge on any atom is 0.262 e. The van der Waals surface area contributed by atoms with Crippen molar-refractivity contribution in [2.45, 2.75) is 38.6 Å². The number of amides is 2. The van der Waals surface area contributed by atoms with Gasteiger partial charge in [-0.1, -0.05) is 6.42 Å². The van der Waals surface area contributed by atoms with E-state index < -0.39 is 0 Å². The summed E-state index contributed by atoms with van der Waals surface area (Å²) in [5.41, 5.74) is 1.09. The van der Waals surface area contributed by atoms with Crippen LogP contribution in [0.2, 0.25) is 0 Å². The van der Waals surface area contributed by atoms with Crippen LogP contribution >= 0.6 is 0 Å². The molecule has 0 radical (unpaired) electrons. The molecule has 0 fully saturated rings. The van der Waals surface area contributed by atoms with Crippen LogP contribution in [0.3, 0.4) is 0 Å². The van der Waals surface area contributed by atoms with Gasteiger partial charge in [-0.3, -0.25) is 9.59 Å². The van der Waals surface area contributed by atoms with E-state index in [0.717, 1.165) is 37.5 Å². The van der Waals surface area contributed by atoms with Gasteiger partial charge in [-0.05, 0) is 31.0 Å². The molecule has 136 valence electrons. The number of aromatic nitrogens is 3. The summed E-state index contributed by atoms with van der Waals surface area (Å²) in [7, 11) is 0. The molecule has 2 aliphatic heterocycles. The molecule has 8 heteroatoms. The second kappa shape index (κ2) is 7.15. The zero-order valence-electron chi connectivity index (χ0n) is 14.5. The molecule has 0 saturated carbocycles. The molecule has 0 bridgehead atoms. The fraction of sp³-hybridized carbons (Fsp3) is 0.444. The van der Waals surface area contributed by atoms with E-state index in [1.165, 1.54) is 6.42 Å². The van der Waals surface area contributed by atoms with E-state index in [1.54, 1.807) is 18.2 Å². The van der Waals surface area contributed by atoms with Crippen LogP contribution in [-0.2, 0) is 24.2 Å². The molecule has 0 atom stereocenters.